The van der Waals surface area contributed by atoms with Crippen LogP contribution in [0.25, 0.3) is 0 Å². The Balaban J connectivity index is 1.53. The van der Waals surface area contributed by atoms with E-state index in [9.17, 15) is 9.59 Å². The highest BCUT2D eigenvalue weighted by molar-refractivity contribution is 5.89. The van der Waals surface area contributed by atoms with E-state index in [-0.39, 0.29) is 11.8 Å². The molecule has 0 aromatic heterocycles. The van der Waals surface area contributed by atoms with Crippen LogP contribution in [0.15, 0.2) is 10.2 Å². The third kappa shape index (κ3) is 8.22. The Bertz CT molecular complexity index is 508. The molecule has 0 aromatic rings. The number of carbonyl (C=O) groups excluding carboxylic acids is 2. The molecule has 2 saturated carbocycles. The van der Waals surface area contributed by atoms with Gasteiger partial charge in [-0.05, 0) is 63.2 Å². The van der Waals surface area contributed by atoms with Gasteiger partial charge in [-0.2, -0.15) is 10.2 Å². The fourth-order valence-corrected chi connectivity index (χ4v) is 3.80. The molecule has 2 unspecified atom stereocenters. The van der Waals surface area contributed by atoms with Crippen LogP contribution in [0.5, 0.6) is 0 Å². The summed E-state index contributed by atoms with van der Waals surface area (Å²) in [5.74, 6) is 0.917. The van der Waals surface area contributed by atoms with Gasteiger partial charge in [-0.1, -0.05) is 33.1 Å². The van der Waals surface area contributed by atoms with Crippen LogP contribution < -0.4 is 10.9 Å². The van der Waals surface area contributed by atoms with Crippen molar-refractivity contribution < 1.29 is 9.59 Å². The van der Waals surface area contributed by atoms with Crippen LogP contribution in [0.2, 0.25) is 0 Å². The zero-order valence-corrected chi connectivity index (χ0v) is 17.1. The van der Waals surface area contributed by atoms with Crippen LogP contribution in [0.3, 0.4) is 0 Å². The number of rotatable bonds is 8. The van der Waals surface area contributed by atoms with Gasteiger partial charge in [0.15, 0.2) is 0 Å². The Morgan fingerprint density at radius 2 is 1.22 bits per heavy atom. The van der Waals surface area contributed by atoms with Crippen molar-refractivity contribution in [1.82, 2.24) is 10.9 Å². The largest absolute Gasteiger partial charge is 0.273 e. The van der Waals surface area contributed by atoms with Crippen molar-refractivity contribution in [1.29, 1.82) is 0 Å². The number of hydrazone groups is 2. The maximum Gasteiger partial charge on any atom is 0.240 e. The second kappa shape index (κ2) is 11.9. The maximum atomic E-state index is 11.9. The van der Waals surface area contributed by atoms with Crippen molar-refractivity contribution >= 4 is 23.2 Å². The summed E-state index contributed by atoms with van der Waals surface area (Å²) in [5, 5.41) is 8.61. The zero-order valence-electron chi connectivity index (χ0n) is 17.1. The van der Waals surface area contributed by atoms with Crippen molar-refractivity contribution in [3.8, 4) is 0 Å². The molecule has 0 saturated heterocycles. The predicted molar refractivity (Wildman–Crippen MR) is 110 cm³/mol. The van der Waals surface area contributed by atoms with Crippen molar-refractivity contribution in [2.75, 3.05) is 0 Å². The molecule has 2 fully saturated rings. The molecule has 2 aliphatic carbocycles. The first-order valence-electron chi connectivity index (χ1n) is 10.8. The van der Waals surface area contributed by atoms with Crippen molar-refractivity contribution in [3.63, 3.8) is 0 Å². The van der Waals surface area contributed by atoms with E-state index in [4.69, 9.17) is 0 Å². The summed E-state index contributed by atoms with van der Waals surface area (Å²) in [6.45, 7) is 4.35. The van der Waals surface area contributed by atoms with Gasteiger partial charge in [0.25, 0.3) is 0 Å². The van der Waals surface area contributed by atoms with Crippen LogP contribution in [0, 0.1) is 11.8 Å². The lowest BCUT2D eigenvalue weighted by Crippen LogP contribution is -2.24. The fourth-order valence-electron chi connectivity index (χ4n) is 3.80. The van der Waals surface area contributed by atoms with Gasteiger partial charge in [0, 0.05) is 24.3 Å². The number of hydrogen-bond donors (Lipinski definition) is 2. The van der Waals surface area contributed by atoms with E-state index in [0.717, 1.165) is 43.5 Å². The lowest BCUT2D eigenvalue weighted by molar-refractivity contribution is -0.121. The summed E-state index contributed by atoms with van der Waals surface area (Å²) in [6, 6.07) is 0. The van der Waals surface area contributed by atoms with Gasteiger partial charge in [-0.15, -0.1) is 0 Å². The third-order valence-electron chi connectivity index (χ3n) is 5.73. The monoisotopic (exact) mass is 376 g/mol. The maximum absolute atomic E-state index is 11.9. The van der Waals surface area contributed by atoms with Crippen LogP contribution in [0.4, 0.5) is 0 Å². The van der Waals surface area contributed by atoms with Gasteiger partial charge in [0.05, 0.1) is 0 Å². The van der Waals surface area contributed by atoms with E-state index in [1.165, 1.54) is 38.5 Å². The van der Waals surface area contributed by atoms with Gasteiger partial charge < -0.3 is 0 Å². The number of amides is 2. The van der Waals surface area contributed by atoms with Crippen molar-refractivity contribution in [2.45, 2.75) is 97.3 Å². The van der Waals surface area contributed by atoms with Crippen LogP contribution in [-0.2, 0) is 9.59 Å². The summed E-state index contributed by atoms with van der Waals surface area (Å²) in [5.41, 5.74) is 7.64. The van der Waals surface area contributed by atoms with Crippen LogP contribution in [0.1, 0.15) is 97.3 Å². The molecule has 0 spiro atoms. The van der Waals surface area contributed by atoms with Gasteiger partial charge in [-0.25, -0.2) is 10.9 Å². The highest BCUT2D eigenvalue weighted by Crippen LogP contribution is 2.21. The first kappa shape index (κ1) is 21.6. The van der Waals surface area contributed by atoms with E-state index in [0.29, 0.717) is 24.7 Å². The van der Waals surface area contributed by atoms with E-state index < -0.39 is 0 Å². The minimum absolute atomic E-state index is 0.0255. The van der Waals surface area contributed by atoms with E-state index in [1.807, 2.05) is 0 Å². The van der Waals surface area contributed by atoms with Crippen LogP contribution in [-0.4, -0.2) is 23.2 Å². The Kier molecular flexibility index (Phi) is 9.50. The highest BCUT2D eigenvalue weighted by Gasteiger charge is 2.17. The molecule has 6 heteroatoms. The molecule has 2 amide bonds. The Labute approximate surface area is 163 Å². The SMILES string of the molecule is CC1CCCC/C1=N\NC(=O)CCCCCC(=O)N/N=C1\CCCCC1C. The van der Waals surface area contributed by atoms with Crippen molar-refractivity contribution in [2.24, 2.45) is 22.0 Å². The molecule has 0 aliphatic heterocycles. The molecule has 2 aliphatic rings. The summed E-state index contributed by atoms with van der Waals surface area (Å²) in [6.07, 6.45) is 12.6. The molecular formula is C21H36N4O2. The van der Waals surface area contributed by atoms with E-state index >= 15 is 0 Å². The van der Waals surface area contributed by atoms with Gasteiger partial charge in [0.1, 0.15) is 0 Å². The Hall–Kier alpha value is -1.72. The quantitative estimate of drug-likeness (QED) is 0.489. The van der Waals surface area contributed by atoms with Gasteiger partial charge in [-0.3, -0.25) is 9.59 Å². The predicted octanol–water partition coefficient (Wildman–Crippen LogP) is 4.30. The van der Waals surface area contributed by atoms with Gasteiger partial charge in [0.2, 0.25) is 11.8 Å². The fraction of sp³-hybridized carbons (Fsp3) is 0.810. The Morgan fingerprint density at radius 1 is 0.778 bits per heavy atom. The lowest BCUT2D eigenvalue weighted by Gasteiger charge is -2.19. The molecule has 6 nitrogen and oxygen atoms in total. The van der Waals surface area contributed by atoms with E-state index in [1.54, 1.807) is 0 Å². The third-order valence-corrected chi connectivity index (χ3v) is 5.73. The number of hydrogen-bond acceptors (Lipinski definition) is 4. The minimum Gasteiger partial charge on any atom is -0.273 e. The lowest BCUT2D eigenvalue weighted by atomic mass is 9.89. The Morgan fingerprint density at radius 3 is 1.63 bits per heavy atom. The molecule has 0 aromatic carbocycles. The molecule has 0 bridgehead atoms. The molecule has 0 radical (unpaired) electrons. The molecule has 2 atom stereocenters. The summed E-state index contributed by atoms with van der Waals surface area (Å²) >= 11 is 0. The topological polar surface area (TPSA) is 82.9 Å². The summed E-state index contributed by atoms with van der Waals surface area (Å²) in [7, 11) is 0. The van der Waals surface area contributed by atoms with Gasteiger partial charge >= 0.3 is 0 Å². The first-order valence-corrected chi connectivity index (χ1v) is 10.8. The second-order valence-corrected chi connectivity index (χ2v) is 8.13. The molecule has 0 heterocycles. The van der Waals surface area contributed by atoms with Crippen molar-refractivity contribution in [3.05, 3.63) is 0 Å². The second-order valence-electron chi connectivity index (χ2n) is 8.13. The molecule has 2 rings (SSSR count). The smallest absolute Gasteiger partial charge is 0.240 e. The molecular weight excluding hydrogens is 340 g/mol. The summed E-state index contributed by atoms with van der Waals surface area (Å²) < 4.78 is 0. The average molecular weight is 377 g/mol. The van der Waals surface area contributed by atoms with Crippen LogP contribution >= 0.6 is 0 Å². The average Bonchev–Trinajstić information content (AvgIpc) is 2.66. The number of unbranched alkanes of at least 4 members (excludes halogenated alkanes) is 2. The normalized spacial score (nSPS) is 26.1. The standard InChI is InChI=1S/C21H36N4O2/c1-16-10-6-8-12-18(16)22-24-20(26)14-4-3-5-15-21(27)25-23-19-13-9-7-11-17(19)2/h16-17H,3-15H2,1-2H3,(H,24,26)(H,25,27)/b22-18+,23-19+. The number of nitrogens with one attached hydrogen (secondary N) is 2. The highest BCUT2D eigenvalue weighted by atomic mass is 16.2. The number of nitrogens with zero attached hydrogens (tertiary/aromatic N) is 2. The first-order chi connectivity index (χ1) is 13.1. The molecule has 2 N–H and O–H groups in total. The molecule has 152 valence electrons. The van der Waals surface area contributed by atoms with E-state index in [2.05, 4.69) is 34.9 Å². The zero-order chi connectivity index (χ0) is 19.5. The number of carbonyl (C=O) groups is 2. The summed E-state index contributed by atoms with van der Waals surface area (Å²) in [4.78, 5) is 23.8. The molecule has 27 heavy (non-hydrogen) atoms. The minimum atomic E-state index is -0.0255.